The maximum absolute atomic E-state index is 12.8. The number of rotatable bonds is 4. The van der Waals surface area contributed by atoms with Crippen molar-refractivity contribution >= 4 is 29.1 Å². The Balaban J connectivity index is 1.91. The van der Waals surface area contributed by atoms with Crippen molar-refractivity contribution in [2.45, 2.75) is 6.54 Å². The quantitative estimate of drug-likeness (QED) is 0.844. The smallest absolute Gasteiger partial charge is 0.313 e. The number of ether oxygens (including phenoxy) is 1. The van der Waals surface area contributed by atoms with Crippen LogP contribution in [-0.2, 0) is 16.1 Å². The standard InChI is InChI=1S/C16H14ClFN2O3/c1-23-14-7-6-12(8-13(14)17)20-16(22)15(21)19-9-10-2-4-11(18)5-3-10/h2-8H,9H2,1H3,(H,19,21)(H,20,22). The maximum atomic E-state index is 12.8. The molecule has 2 amide bonds. The van der Waals surface area contributed by atoms with E-state index in [1.807, 2.05) is 0 Å². The third-order valence-electron chi connectivity index (χ3n) is 2.98. The molecule has 0 saturated heterocycles. The minimum absolute atomic E-state index is 0.121. The van der Waals surface area contributed by atoms with E-state index >= 15 is 0 Å². The van der Waals surface area contributed by atoms with Crippen LogP contribution in [0.1, 0.15) is 5.56 Å². The normalized spacial score (nSPS) is 10.0. The van der Waals surface area contributed by atoms with Gasteiger partial charge in [0.25, 0.3) is 0 Å². The monoisotopic (exact) mass is 336 g/mol. The van der Waals surface area contributed by atoms with E-state index in [-0.39, 0.29) is 12.4 Å². The van der Waals surface area contributed by atoms with Gasteiger partial charge in [0.1, 0.15) is 11.6 Å². The fraction of sp³-hybridized carbons (Fsp3) is 0.125. The van der Waals surface area contributed by atoms with Crippen LogP contribution in [0, 0.1) is 5.82 Å². The molecule has 23 heavy (non-hydrogen) atoms. The zero-order chi connectivity index (χ0) is 16.8. The summed E-state index contributed by atoms with van der Waals surface area (Å²) in [5.41, 5.74) is 1.05. The van der Waals surface area contributed by atoms with E-state index in [0.29, 0.717) is 22.0 Å². The number of anilines is 1. The minimum atomic E-state index is -0.826. The molecule has 0 unspecified atom stereocenters. The molecule has 0 aliphatic heterocycles. The highest BCUT2D eigenvalue weighted by molar-refractivity contribution is 6.39. The first-order chi connectivity index (χ1) is 11.0. The predicted molar refractivity (Wildman–Crippen MR) is 84.9 cm³/mol. The van der Waals surface area contributed by atoms with E-state index in [4.69, 9.17) is 16.3 Å². The Bertz CT molecular complexity index is 720. The lowest BCUT2D eigenvalue weighted by Crippen LogP contribution is -2.34. The SMILES string of the molecule is COc1ccc(NC(=O)C(=O)NCc2ccc(F)cc2)cc1Cl. The van der Waals surface area contributed by atoms with E-state index in [0.717, 1.165) is 0 Å². The Morgan fingerprint density at radius 3 is 2.43 bits per heavy atom. The third-order valence-corrected chi connectivity index (χ3v) is 3.28. The fourth-order valence-corrected chi connectivity index (χ4v) is 2.05. The van der Waals surface area contributed by atoms with Gasteiger partial charge in [0, 0.05) is 12.2 Å². The Morgan fingerprint density at radius 2 is 1.83 bits per heavy atom. The van der Waals surface area contributed by atoms with Gasteiger partial charge < -0.3 is 15.4 Å². The number of amides is 2. The zero-order valence-corrected chi connectivity index (χ0v) is 13.0. The Morgan fingerprint density at radius 1 is 1.13 bits per heavy atom. The molecule has 0 aromatic heterocycles. The van der Waals surface area contributed by atoms with Crippen LogP contribution in [0.25, 0.3) is 0 Å². The molecule has 0 saturated carbocycles. The Hall–Kier alpha value is -2.60. The number of hydrogen-bond donors (Lipinski definition) is 2. The maximum Gasteiger partial charge on any atom is 0.313 e. The van der Waals surface area contributed by atoms with Crippen molar-refractivity contribution in [2.24, 2.45) is 0 Å². The van der Waals surface area contributed by atoms with Gasteiger partial charge in [-0.15, -0.1) is 0 Å². The lowest BCUT2D eigenvalue weighted by molar-refractivity contribution is -0.136. The third kappa shape index (κ3) is 4.69. The molecule has 0 spiro atoms. The van der Waals surface area contributed by atoms with Crippen molar-refractivity contribution in [3.8, 4) is 5.75 Å². The van der Waals surface area contributed by atoms with E-state index in [2.05, 4.69) is 10.6 Å². The van der Waals surface area contributed by atoms with Crippen LogP contribution in [0.5, 0.6) is 5.75 Å². The fourth-order valence-electron chi connectivity index (χ4n) is 1.80. The number of hydrogen-bond acceptors (Lipinski definition) is 3. The lowest BCUT2D eigenvalue weighted by Gasteiger charge is -2.08. The highest BCUT2D eigenvalue weighted by Crippen LogP contribution is 2.27. The topological polar surface area (TPSA) is 67.4 Å². The second-order valence-corrected chi connectivity index (χ2v) is 5.02. The second kappa shape index (κ2) is 7.60. The molecular formula is C16H14ClFN2O3. The largest absolute Gasteiger partial charge is 0.495 e. The summed E-state index contributed by atoms with van der Waals surface area (Å²) < 4.78 is 17.8. The van der Waals surface area contributed by atoms with Crippen molar-refractivity contribution < 1.29 is 18.7 Å². The highest BCUT2D eigenvalue weighted by atomic mass is 35.5. The van der Waals surface area contributed by atoms with Crippen molar-refractivity contribution in [3.63, 3.8) is 0 Å². The van der Waals surface area contributed by atoms with Crippen LogP contribution < -0.4 is 15.4 Å². The molecule has 0 fully saturated rings. The van der Waals surface area contributed by atoms with Gasteiger partial charge in [0.2, 0.25) is 0 Å². The molecule has 2 aromatic carbocycles. The second-order valence-electron chi connectivity index (χ2n) is 4.61. The van der Waals surface area contributed by atoms with Crippen LogP contribution in [0.2, 0.25) is 5.02 Å². The summed E-state index contributed by atoms with van der Waals surface area (Å²) in [6.07, 6.45) is 0. The van der Waals surface area contributed by atoms with Crippen LogP contribution >= 0.6 is 11.6 Å². The number of benzene rings is 2. The first kappa shape index (κ1) is 16.8. The van der Waals surface area contributed by atoms with E-state index in [1.54, 1.807) is 12.1 Å². The molecule has 5 nitrogen and oxygen atoms in total. The summed E-state index contributed by atoms with van der Waals surface area (Å²) in [5, 5.41) is 5.19. The number of carbonyl (C=O) groups excluding carboxylic acids is 2. The molecule has 0 aliphatic rings. The molecule has 0 atom stereocenters. The summed E-state index contributed by atoms with van der Waals surface area (Å²) >= 11 is 5.94. The van der Waals surface area contributed by atoms with Crippen LogP contribution in [0.15, 0.2) is 42.5 Å². The molecular weight excluding hydrogens is 323 g/mol. The molecule has 2 aromatic rings. The van der Waals surface area contributed by atoms with Crippen molar-refractivity contribution in [2.75, 3.05) is 12.4 Å². The van der Waals surface area contributed by atoms with Gasteiger partial charge in [-0.2, -0.15) is 0 Å². The molecule has 0 radical (unpaired) electrons. The molecule has 2 N–H and O–H groups in total. The van der Waals surface area contributed by atoms with E-state index < -0.39 is 11.8 Å². The number of halogens is 2. The van der Waals surface area contributed by atoms with Gasteiger partial charge in [0.05, 0.1) is 12.1 Å². The number of nitrogens with one attached hydrogen (secondary N) is 2. The molecule has 0 heterocycles. The van der Waals surface area contributed by atoms with E-state index in [9.17, 15) is 14.0 Å². The van der Waals surface area contributed by atoms with E-state index in [1.165, 1.54) is 37.4 Å². The van der Waals surface area contributed by atoms with Crippen LogP contribution in [-0.4, -0.2) is 18.9 Å². The lowest BCUT2D eigenvalue weighted by atomic mass is 10.2. The highest BCUT2D eigenvalue weighted by Gasteiger charge is 2.14. The van der Waals surface area contributed by atoms with Gasteiger partial charge in [0.15, 0.2) is 0 Å². The first-order valence-electron chi connectivity index (χ1n) is 6.67. The summed E-state index contributed by atoms with van der Waals surface area (Å²) in [4.78, 5) is 23.5. The van der Waals surface area contributed by atoms with Crippen molar-refractivity contribution in [1.82, 2.24) is 5.32 Å². The molecule has 7 heteroatoms. The van der Waals surface area contributed by atoms with Gasteiger partial charge in [-0.25, -0.2) is 4.39 Å². The molecule has 120 valence electrons. The molecule has 0 aliphatic carbocycles. The van der Waals surface area contributed by atoms with Crippen molar-refractivity contribution in [3.05, 3.63) is 58.9 Å². The van der Waals surface area contributed by atoms with Crippen LogP contribution in [0.3, 0.4) is 0 Å². The minimum Gasteiger partial charge on any atom is -0.495 e. The summed E-state index contributed by atoms with van der Waals surface area (Å²) in [5.74, 6) is -1.53. The van der Waals surface area contributed by atoms with Gasteiger partial charge in [-0.3, -0.25) is 9.59 Å². The average molecular weight is 337 g/mol. The summed E-state index contributed by atoms with van der Waals surface area (Å²) in [7, 11) is 1.47. The zero-order valence-electron chi connectivity index (χ0n) is 12.2. The van der Waals surface area contributed by atoms with Crippen LogP contribution in [0.4, 0.5) is 10.1 Å². The Labute approximate surface area is 137 Å². The van der Waals surface area contributed by atoms with Crippen molar-refractivity contribution in [1.29, 1.82) is 0 Å². The molecule has 2 rings (SSSR count). The number of methoxy groups -OCH3 is 1. The summed E-state index contributed by atoms with van der Waals surface area (Å²) in [6, 6.07) is 10.2. The Kier molecular flexibility index (Phi) is 5.54. The van der Waals surface area contributed by atoms with Gasteiger partial charge in [-0.1, -0.05) is 23.7 Å². The molecule has 0 bridgehead atoms. The first-order valence-corrected chi connectivity index (χ1v) is 7.04. The number of carbonyl (C=O) groups is 2. The average Bonchev–Trinajstić information content (AvgIpc) is 2.54. The van der Waals surface area contributed by atoms with Gasteiger partial charge >= 0.3 is 11.8 Å². The van der Waals surface area contributed by atoms with Gasteiger partial charge in [-0.05, 0) is 35.9 Å². The predicted octanol–water partition coefficient (Wildman–Crippen LogP) is 2.74. The summed E-state index contributed by atoms with van der Waals surface area (Å²) in [6.45, 7) is 0.121.